The SMILES string of the molecule is CCOc1ccc(-c2csc(NC(=O)c3ccc4c(c3)CCC(=O)N4)n2)cc1. The lowest BCUT2D eigenvalue weighted by atomic mass is 10.0. The Balaban J connectivity index is 1.46. The van der Waals surface area contributed by atoms with Crippen molar-refractivity contribution in [2.24, 2.45) is 0 Å². The summed E-state index contributed by atoms with van der Waals surface area (Å²) in [6, 6.07) is 13.0. The Bertz CT molecular complexity index is 1030. The molecule has 2 amide bonds. The zero-order valence-corrected chi connectivity index (χ0v) is 16.1. The second kappa shape index (κ2) is 7.82. The number of aryl methyl sites for hydroxylation is 1. The van der Waals surface area contributed by atoms with Gasteiger partial charge < -0.3 is 10.1 Å². The minimum Gasteiger partial charge on any atom is -0.494 e. The van der Waals surface area contributed by atoms with E-state index in [0.29, 0.717) is 30.1 Å². The van der Waals surface area contributed by atoms with E-state index in [0.717, 1.165) is 28.3 Å². The summed E-state index contributed by atoms with van der Waals surface area (Å²) in [7, 11) is 0. The Hall–Kier alpha value is -3.19. The van der Waals surface area contributed by atoms with Crippen LogP contribution in [0.5, 0.6) is 5.75 Å². The van der Waals surface area contributed by atoms with E-state index in [1.807, 2.05) is 42.6 Å². The Morgan fingerprint density at radius 1 is 1.21 bits per heavy atom. The van der Waals surface area contributed by atoms with E-state index in [2.05, 4.69) is 15.6 Å². The molecule has 1 aliphatic heterocycles. The highest BCUT2D eigenvalue weighted by molar-refractivity contribution is 7.14. The number of hydrogen-bond donors (Lipinski definition) is 2. The fourth-order valence-electron chi connectivity index (χ4n) is 3.05. The summed E-state index contributed by atoms with van der Waals surface area (Å²) >= 11 is 1.38. The van der Waals surface area contributed by atoms with Crippen LogP contribution in [-0.2, 0) is 11.2 Å². The van der Waals surface area contributed by atoms with Crippen molar-refractivity contribution >= 4 is 34.0 Å². The number of thiazole rings is 1. The van der Waals surface area contributed by atoms with Gasteiger partial charge in [0, 0.05) is 28.6 Å². The number of carbonyl (C=O) groups excluding carboxylic acids is 2. The van der Waals surface area contributed by atoms with Gasteiger partial charge in [-0.2, -0.15) is 0 Å². The molecule has 2 heterocycles. The summed E-state index contributed by atoms with van der Waals surface area (Å²) in [5, 5.41) is 8.12. The summed E-state index contributed by atoms with van der Waals surface area (Å²) in [6.45, 7) is 2.57. The lowest BCUT2D eigenvalue weighted by Gasteiger charge is -2.17. The normalized spacial score (nSPS) is 12.8. The van der Waals surface area contributed by atoms with Crippen LogP contribution in [0.25, 0.3) is 11.3 Å². The maximum absolute atomic E-state index is 12.6. The smallest absolute Gasteiger partial charge is 0.257 e. The minimum atomic E-state index is -0.215. The van der Waals surface area contributed by atoms with E-state index in [4.69, 9.17) is 4.74 Å². The molecule has 2 aromatic carbocycles. The molecule has 0 aliphatic carbocycles. The van der Waals surface area contributed by atoms with Crippen LogP contribution in [0.1, 0.15) is 29.3 Å². The molecule has 0 bridgehead atoms. The fourth-order valence-corrected chi connectivity index (χ4v) is 3.76. The predicted molar refractivity (Wildman–Crippen MR) is 110 cm³/mol. The molecule has 0 spiro atoms. The maximum Gasteiger partial charge on any atom is 0.257 e. The third kappa shape index (κ3) is 3.89. The molecular formula is C21H19N3O3S. The molecule has 0 saturated heterocycles. The number of anilines is 2. The topological polar surface area (TPSA) is 80.3 Å². The van der Waals surface area contributed by atoms with E-state index < -0.39 is 0 Å². The first kappa shape index (κ1) is 18.2. The molecule has 7 heteroatoms. The van der Waals surface area contributed by atoms with Gasteiger partial charge in [0.2, 0.25) is 5.91 Å². The largest absolute Gasteiger partial charge is 0.494 e. The van der Waals surface area contributed by atoms with Gasteiger partial charge in [-0.1, -0.05) is 0 Å². The predicted octanol–water partition coefficient (Wildman–Crippen LogP) is 4.35. The van der Waals surface area contributed by atoms with Crippen LogP contribution in [0.15, 0.2) is 47.8 Å². The van der Waals surface area contributed by atoms with Gasteiger partial charge in [-0.15, -0.1) is 11.3 Å². The molecule has 0 fully saturated rings. The van der Waals surface area contributed by atoms with Gasteiger partial charge in [-0.05, 0) is 61.4 Å². The number of aromatic nitrogens is 1. The zero-order valence-electron chi connectivity index (χ0n) is 15.3. The van der Waals surface area contributed by atoms with E-state index in [1.165, 1.54) is 11.3 Å². The third-order valence-corrected chi connectivity index (χ3v) is 5.21. The molecule has 0 saturated carbocycles. The van der Waals surface area contributed by atoms with E-state index in [-0.39, 0.29) is 11.8 Å². The second-order valence-electron chi connectivity index (χ2n) is 6.37. The second-order valence-corrected chi connectivity index (χ2v) is 7.23. The highest BCUT2D eigenvalue weighted by Gasteiger charge is 2.17. The Morgan fingerprint density at radius 2 is 2.04 bits per heavy atom. The number of fused-ring (bicyclic) bond motifs is 1. The maximum atomic E-state index is 12.6. The van der Waals surface area contributed by atoms with Gasteiger partial charge in [-0.3, -0.25) is 14.9 Å². The standard InChI is InChI=1S/C21H19N3O3S/c1-2-27-16-7-3-13(4-8-16)18-12-28-21(23-18)24-20(26)15-5-9-17-14(11-15)6-10-19(25)22-17/h3-5,7-9,11-12H,2,6,10H2,1H3,(H,22,25)(H,23,24,26). The highest BCUT2D eigenvalue weighted by Crippen LogP contribution is 2.28. The third-order valence-electron chi connectivity index (χ3n) is 4.45. The van der Waals surface area contributed by atoms with E-state index in [1.54, 1.807) is 12.1 Å². The molecule has 0 unspecified atom stereocenters. The van der Waals surface area contributed by atoms with Crippen molar-refractivity contribution in [2.75, 3.05) is 17.2 Å². The number of amides is 2. The molecule has 28 heavy (non-hydrogen) atoms. The van der Waals surface area contributed by atoms with Crippen LogP contribution in [0, 0.1) is 0 Å². The molecule has 1 aliphatic rings. The number of benzene rings is 2. The summed E-state index contributed by atoms with van der Waals surface area (Å²) in [6.07, 6.45) is 1.08. The lowest BCUT2D eigenvalue weighted by molar-refractivity contribution is -0.116. The van der Waals surface area contributed by atoms with Crippen molar-refractivity contribution in [3.8, 4) is 17.0 Å². The Kier molecular flexibility index (Phi) is 5.08. The first-order valence-electron chi connectivity index (χ1n) is 9.05. The van der Waals surface area contributed by atoms with Crippen molar-refractivity contribution in [3.63, 3.8) is 0 Å². The monoisotopic (exact) mass is 393 g/mol. The molecule has 2 N–H and O–H groups in total. The number of hydrogen-bond acceptors (Lipinski definition) is 5. The van der Waals surface area contributed by atoms with Crippen LogP contribution in [0.2, 0.25) is 0 Å². The van der Waals surface area contributed by atoms with Crippen LogP contribution >= 0.6 is 11.3 Å². The van der Waals surface area contributed by atoms with Gasteiger partial charge in [0.15, 0.2) is 5.13 Å². The quantitative estimate of drug-likeness (QED) is 0.675. The minimum absolute atomic E-state index is 0.00862. The first-order chi connectivity index (χ1) is 13.6. The zero-order chi connectivity index (χ0) is 19.5. The molecule has 142 valence electrons. The van der Waals surface area contributed by atoms with Gasteiger partial charge in [0.1, 0.15) is 5.75 Å². The molecule has 1 aromatic heterocycles. The number of ether oxygens (including phenoxy) is 1. The van der Waals surface area contributed by atoms with Crippen molar-refractivity contribution in [3.05, 3.63) is 59.0 Å². The summed E-state index contributed by atoms with van der Waals surface area (Å²) < 4.78 is 5.45. The average molecular weight is 393 g/mol. The van der Waals surface area contributed by atoms with Gasteiger partial charge in [-0.25, -0.2) is 4.98 Å². The molecule has 4 rings (SSSR count). The van der Waals surface area contributed by atoms with Crippen molar-refractivity contribution in [2.45, 2.75) is 19.8 Å². The molecule has 3 aromatic rings. The summed E-state index contributed by atoms with van der Waals surface area (Å²) in [5.41, 5.74) is 4.07. The van der Waals surface area contributed by atoms with Crippen LogP contribution in [0.3, 0.4) is 0 Å². The first-order valence-corrected chi connectivity index (χ1v) is 9.93. The average Bonchev–Trinajstić information content (AvgIpc) is 3.17. The fraction of sp³-hybridized carbons (Fsp3) is 0.190. The molecular weight excluding hydrogens is 374 g/mol. The van der Waals surface area contributed by atoms with Crippen molar-refractivity contribution < 1.29 is 14.3 Å². The molecule has 6 nitrogen and oxygen atoms in total. The van der Waals surface area contributed by atoms with Gasteiger partial charge in [0.05, 0.1) is 12.3 Å². The number of rotatable bonds is 5. The molecule has 0 atom stereocenters. The molecule has 0 radical (unpaired) electrons. The van der Waals surface area contributed by atoms with Gasteiger partial charge in [0.25, 0.3) is 5.91 Å². The number of nitrogens with zero attached hydrogens (tertiary/aromatic N) is 1. The summed E-state index contributed by atoms with van der Waals surface area (Å²) in [4.78, 5) is 28.5. The number of carbonyl (C=O) groups is 2. The summed E-state index contributed by atoms with van der Waals surface area (Å²) in [5.74, 6) is 0.611. The Morgan fingerprint density at radius 3 is 2.82 bits per heavy atom. The van der Waals surface area contributed by atoms with Crippen LogP contribution in [0.4, 0.5) is 10.8 Å². The van der Waals surface area contributed by atoms with E-state index >= 15 is 0 Å². The van der Waals surface area contributed by atoms with Gasteiger partial charge >= 0.3 is 0 Å². The van der Waals surface area contributed by atoms with Crippen LogP contribution in [-0.4, -0.2) is 23.4 Å². The van der Waals surface area contributed by atoms with Crippen LogP contribution < -0.4 is 15.4 Å². The number of nitrogens with one attached hydrogen (secondary N) is 2. The highest BCUT2D eigenvalue weighted by atomic mass is 32.1. The van der Waals surface area contributed by atoms with E-state index in [9.17, 15) is 9.59 Å². The lowest BCUT2D eigenvalue weighted by Crippen LogP contribution is -2.20. The van der Waals surface area contributed by atoms with Crippen molar-refractivity contribution in [1.82, 2.24) is 4.98 Å². The Labute approximate surface area is 166 Å². The van der Waals surface area contributed by atoms with Crippen molar-refractivity contribution in [1.29, 1.82) is 0 Å².